The van der Waals surface area contributed by atoms with Gasteiger partial charge >= 0.3 is 0 Å². The Morgan fingerprint density at radius 2 is 2.00 bits per heavy atom. The molecule has 8 heteroatoms. The van der Waals surface area contributed by atoms with Crippen molar-refractivity contribution in [1.82, 2.24) is 4.90 Å². The zero-order valence-electron chi connectivity index (χ0n) is 17.1. The molecule has 166 valence electrons. The number of fused-ring (bicyclic) bond motifs is 2. The molecular weight excluding hydrogens is 418 g/mol. The van der Waals surface area contributed by atoms with Gasteiger partial charge in [-0.15, -0.1) is 0 Å². The van der Waals surface area contributed by atoms with Gasteiger partial charge in [0.2, 0.25) is 5.91 Å². The van der Waals surface area contributed by atoms with E-state index in [4.69, 9.17) is 4.74 Å². The number of halogens is 2. The van der Waals surface area contributed by atoms with Gasteiger partial charge in [-0.25, -0.2) is 8.78 Å². The van der Waals surface area contributed by atoms with E-state index in [0.29, 0.717) is 35.4 Å². The SMILES string of the molecule is O=C1CCc2cc([C@@H](O)CN3CC4=CC(Oc5ccccc5F)=C[C@]4(O)C3)cc(F)c2N1. The summed E-state index contributed by atoms with van der Waals surface area (Å²) in [6, 6.07) is 9.00. The van der Waals surface area contributed by atoms with Crippen LogP contribution in [0.4, 0.5) is 14.5 Å². The summed E-state index contributed by atoms with van der Waals surface area (Å²) in [6.07, 6.45) is 2.96. The average molecular weight is 440 g/mol. The van der Waals surface area contributed by atoms with E-state index >= 15 is 0 Å². The number of aliphatic hydroxyl groups excluding tert-OH is 1. The third kappa shape index (κ3) is 3.81. The van der Waals surface area contributed by atoms with E-state index in [-0.39, 0.29) is 36.9 Å². The molecule has 1 saturated heterocycles. The number of allylic oxidation sites excluding steroid dienone is 1. The molecule has 2 aromatic carbocycles. The fourth-order valence-electron chi connectivity index (χ4n) is 4.49. The van der Waals surface area contributed by atoms with Crippen molar-refractivity contribution in [2.24, 2.45) is 0 Å². The molecule has 6 nitrogen and oxygen atoms in total. The third-order valence-electron chi connectivity index (χ3n) is 6.07. The number of rotatable bonds is 5. The number of carbonyl (C=O) groups excluding carboxylic acids is 1. The van der Waals surface area contributed by atoms with Crippen LogP contribution in [-0.4, -0.2) is 46.3 Å². The van der Waals surface area contributed by atoms with Gasteiger partial charge in [-0.3, -0.25) is 9.69 Å². The number of nitrogens with one attached hydrogen (secondary N) is 1. The summed E-state index contributed by atoms with van der Waals surface area (Å²) in [4.78, 5) is 13.4. The molecule has 5 rings (SSSR count). The molecule has 0 bridgehead atoms. The van der Waals surface area contributed by atoms with Crippen LogP contribution in [0, 0.1) is 11.6 Å². The number of ether oxygens (including phenoxy) is 1. The van der Waals surface area contributed by atoms with Crippen molar-refractivity contribution in [3.05, 3.63) is 82.6 Å². The normalized spacial score (nSPS) is 23.2. The van der Waals surface area contributed by atoms with E-state index in [9.17, 15) is 23.8 Å². The Kier molecular flexibility index (Phi) is 5.08. The van der Waals surface area contributed by atoms with Gasteiger partial charge in [0.25, 0.3) is 0 Å². The Bertz CT molecular complexity index is 1160. The number of β-amino-alcohol motifs (C(OH)–C–C–N with tert-alkyl or cyclic N) is 2. The zero-order valence-corrected chi connectivity index (χ0v) is 17.1. The van der Waals surface area contributed by atoms with E-state index in [1.807, 2.05) is 4.90 Å². The van der Waals surface area contributed by atoms with Crippen molar-refractivity contribution in [2.45, 2.75) is 24.5 Å². The largest absolute Gasteiger partial charge is 0.455 e. The van der Waals surface area contributed by atoms with Gasteiger partial charge in [0.15, 0.2) is 11.6 Å². The molecule has 2 heterocycles. The van der Waals surface area contributed by atoms with E-state index < -0.39 is 23.3 Å². The van der Waals surface area contributed by atoms with Crippen LogP contribution in [0.3, 0.4) is 0 Å². The maximum Gasteiger partial charge on any atom is 0.224 e. The predicted octanol–water partition coefficient (Wildman–Crippen LogP) is 2.83. The number of amides is 1. The van der Waals surface area contributed by atoms with Gasteiger partial charge in [-0.1, -0.05) is 18.2 Å². The lowest BCUT2D eigenvalue weighted by atomic mass is 9.97. The van der Waals surface area contributed by atoms with Crippen LogP contribution in [0.25, 0.3) is 0 Å². The molecule has 2 atom stereocenters. The Labute approximate surface area is 183 Å². The molecule has 0 spiro atoms. The average Bonchev–Trinajstić information content (AvgIpc) is 3.20. The molecule has 2 aromatic rings. The van der Waals surface area contributed by atoms with Crippen LogP contribution in [0.5, 0.6) is 5.75 Å². The predicted molar refractivity (Wildman–Crippen MR) is 113 cm³/mol. The van der Waals surface area contributed by atoms with Gasteiger partial charge < -0.3 is 20.3 Å². The Morgan fingerprint density at radius 3 is 2.78 bits per heavy atom. The molecule has 0 radical (unpaired) electrons. The Hall–Kier alpha value is -3.07. The van der Waals surface area contributed by atoms with Crippen molar-refractivity contribution in [3.8, 4) is 5.75 Å². The van der Waals surface area contributed by atoms with Crippen molar-refractivity contribution in [3.63, 3.8) is 0 Å². The number of carbonyl (C=O) groups is 1. The highest BCUT2D eigenvalue weighted by atomic mass is 19.1. The van der Waals surface area contributed by atoms with Gasteiger partial charge in [0.05, 0.1) is 11.8 Å². The molecule has 32 heavy (non-hydrogen) atoms. The molecule has 1 amide bonds. The number of hydrogen-bond acceptors (Lipinski definition) is 5. The summed E-state index contributed by atoms with van der Waals surface area (Å²) >= 11 is 0. The summed E-state index contributed by atoms with van der Waals surface area (Å²) in [7, 11) is 0. The van der Waals surface area contributed by atoms with Crippen LogP contribution in [0.15, 0.2) is 59.9 Å². The summed E-state index contributed by atoms with van der Waals surface area (Å²) in [5.74, 6) is -0.829. The van der Waals surface area contributed by atoms with Crippen molar-refractivity contribution in [2.75, 3.05) is 25.0 Å². The molecule has 3 N–H and O–H groups in total. The lowest BCUT2D eigenvalue weighted by molar-refractivity contribution is -0.116. The highest BCUT2D eigenvalue weighted by Crippen LogP contribution is 2.37. The smallest absolute Gasteiger partial charge is 0.224 e. The minimum atomic E-state index is -1.26. The quantitative estimate of drug-likeness (QED) is 0.666. The first-order valence-electron chi connectivity index (χ1n) is 10.4. The van der Waals surface area contributed by atoms with Gasteiger partial charge in [0.1, 0.15) is 17.2 Å². The number of anilines is 1. The topological polar surface area (TPSA) is 82.0 Å². The fourth-order valence-corrected chi connectivity index (χ4v) is 4.49. The number of aliphatic hydroxyl groups is 2. The molecule has 0 unspecified atom stereocenters. The molecule has 3 aliphatic rings. The first-order chi connectivity index (χ1) is 15.3. The number of hydrogen-bond donors (Lipinski definition) is 3. The van der Waals surface area contributed by atoms with Gasteiger partial charge in [-0.2, -0.15) is 0 Å². The van der Waals surface area contributed by atoms with E-state index in [0.717, 1.165) is 0 Å². The second-order valence-corrected chi connectivity index (χ2v) is 8.44. The van der Waals surface area contributed by atoms with Crippen molar-refractivity contribution >= 4 is 11.6 Å². The number of nitrogens with zero attached hydrogens (tertiary/aromatic N) is 1. The molecule has 1 fully saturated rings. The summed E-state index contributed by atoms with van der Waals surface area (Å²) < 4.78 is 33.8. The summed E-state index contributed by atoms with van der Waals surface area (Å²) in [6.45, 7) is 0.808. The lowest BCUT2D eigenvalue weighted by Gasteiger charge is -2.24. The highest BCUT2D eigenvalue weighted by molar-refractivity contribution is 5.94. The highest BCUT2D eigenvalue weighted by Gasteiger charge is 2.43. The van der Waals surface area contributed by atoms with Gasteiger partial charge in [-0.05, 0) is 53.5 Å². The molecule has 1 aliphatic carbocycles. The molecule has 2 aliphatic heterocycles. The maximum absolute atomic E-state index is 14.4. The van der Waals surface area contributed by atoms with Crippen LogP contribution in [-0.2, 0) is 11.2 Å². The first-order valence-corrected chi connectivity index (χ1v) is 10.4. The van der Waals surface area contributed by atoms with Crippen LogP contribution in [0.2, 0.25) is 0 Å². The summed E-state index contributed by atoms with van der Waals surface area (Å²) in [5, 5.41) is 24.2. The van der Waals surface area contributed by atoms with E-state index in [1.54, 1.807) is 30.4 Å². The Balaban J connectivity index is 1.26. The standard InChI is InChI=1S/C24H22F2N2O4/c25-18-3-1-2-4-21(18)32-17-9-16-11-28(13-24(16,31)10-17)12-20(29)15-7-14-5-6-22(30)27-23(14)19(26)8-15/h1-4,7-10,20,29,31H,5-6,11-13H2,(H,27,30)/t20-,24-/m0/s1. The first kappa shape index (κ1) is 20.8. The molecule has 0 saturated carbocycles. The van der Waals surface area contributed by atoms with Gasteiger partial charge in [0, 0.05) is 26.1 Å². The maximum atomic E-state index is 14.4. The molecular formula is C24H22F2N2O4. The summed E-state index contributed by atoms with van der Waals surface area (Å²) in [5.41, 5.74) is 0.701. The van der Waals surface area contributed by atoms with Crippen molar-refractivity contribution < 1.29 is 28.5 Å². The third-order valence-corrected chi connectivity index (χ3v) is 6.07. The van der Waals surface area contributed by atoms with E-state index in [2.05, 4.69) is 5.32 Å². The fraction of sp³-hybridized carbons (Fsp3) is 0.292. The number of aryl methyl sites for hydroxylation is 1. The zero-order chi connectivity index (χ0) is 22.5. The van der Waals surface area contributed by atoms with Crippen LogP contribution >= 0.6 is 0 Å². The van der Waals surface area contributed by atoms with E-state index in [1.165, 1.54) is 18.2 Å². The minimum absolute atomic E-state index is 0.0806. The monoisotopic (exact) mass is 440 g/mol. The number of para-hydroxylation sites is 1. The van der Waals surface area contributed by atoms with Crippen molar-refractivity contribution in [1.29, 1.82) is 0 Å². The van der Waals surface area contributed by atoms with Crippen LogP contribution in [0.1, 0.15) is 23.7 Å². The van der Waals surface area contributed by atoms with Crippen LogP contribution < -0.4 is 10.1 Å². The number of likely N-dealkylation sites (tertiary alicyclic amines) is 1. The second kappa shape index (κ2) is 7.81. The molecule has 0 aromatic heterocycles. The Morgan fingerprint density at radius 1 is 1.19 bits per heavy atom. The second-order valence-electron chi connectivity index (χ2n) is 8.44. The minimum Gasteiger partial charge on any atom is -0.455 e. The lowest BCUT2D eigenvalue weighted by Crippen LogP contribution is -2.33. The number of benzene rings is 2.